The molecule has 1 N–H and O–H groups in total. The lowest BCUT2D eigenvalue weighted by atomic mass is 9.75. The Kier molecular flexibility index (Phi) is 5.29. The van der Waals surface area contributed by atoms with Crippen LogP contribution < -0.4 is 5.32 Å². The topological polar surface area (TPSA) is 12.0 Å². The highest BCUT2D eigenvalue weighted by Crippen LogP contribution is 2.43. The summed E-state index contributed by atoms with van der Waals surface area (Å²) in [6.45, 7) is 5.74. The summed E-state index contributed by atoms with van der Waals surface area (Å²) in [5.74, 6) is 1.86. The monoisotopic (exact) mass is 303 g/mol. The number of benzene rings is 1. The molecule has 21 heavy (non-hydrogen) atoms. The molecule has 1 aliphatic heterocycles. The number of fused-ring (bicyclic) bond motifs is 1. The number of rotatable bonds is 5. The van der Waals surface area contributed by atoms with Crippen molar-refractivity contribution in [2.24, 2.45) is 11.8 Å². The molecule has 0 bridgehead atoms. The molecule has 0 spiro atoms. The molecule has 1 aromatic rings. The first kappa shape index (κ1) is 15.4. The number of hydrogen-bond donors (Lipinski definition) is 1. The maximum atomic E-state index is 3.85. The maximum Gasteiger partial charge on any atom is 0.0291 e. The lowest BCUT2D eigenvalue weighted by Gasteiger charge is -2.37. The Morgan fingerprint density at radius 1 is 1.24 bits per heavy atom. The zero-order chi connectivity index (χ0) is 14.7. The van der Waals surface area contributed by atoms with Gasteiger partial charge in [0.25, 0.3) is 0 Å². The van der Waals surface area contributed by atoms with E-state index >= 15 is 0 Å². The van der Waals surface area contributed by atoms with Crippen LogP contribution in [-0.4, -0.2) is 17.8 Å². The highest BCUT2D eigenvalue weighted by molar-refractivity contribution is 8.00. The Morgan fingerprint density at radius 2 is 2.10 bits per heavy atom. The van der Waals surface area contributed by atoms with E-state index in [1.807, 2.05) is 0 Å². The Morgan fingerprint density at radius 3 is 2.86 bits per heavy atom. The van der Waals surface area contributed by atoms with E-state index in [0.717, 1.165) is 23.6 Å². The van der Waals surface area contributed by atoms with E-state index in [0.29, 0.717) is 6.04 Å². The van der Waals surface area contributed by atoms with Gasteiger partial charge in [-0.2, -0.15) is 0 Å². The largest absolute Gasteiger partial charge is 0.313 e. The van der Waals surface area contributed by atoms with Crippen LogP contribution >= 0.6 is 11.8 Å². The molecule has 2 heteroatoms. The number of hydrogen-bond acceptors (Lipinski definition) is 2. The molecule has 0 amide bonds. The van der Waals surface area contributed by atoms with E-state index in [-0.39, 0.29) is 0 Å². The quantitative estimate of drug-likeness (QED) is 0.830. The van der Waals surface area contributed by atoms with Gasteiger partial charge >= 0.3 is 0 Å². The molecule has 1 heterocycles. The van der Waals surface area contributed by atoms with Crippen molar-refractivity contribution < 1.29 is 0 Å². The van der Waals surface area contributed by atoms with Gasteiger partial charge in [-0.05, 0) is 49.3 Å². The van der Waals surface area contributed by atoms with Crippen LogP contribution in [0.3, 0.4) is 0 Å². The third-order valence-electron chi connectivity index (χ3n) is 5.42. The van der Waals surface area contributed by atoms with Gasteiger partial charge in [0.2, 0.25) is 0 Å². The molecule has 1 aliphatic carbocycles. The van der Waals surface area contributed by atoms with Crippen molar-refractivity contribution in [2.75, 3.05) is 6.54 Å². The predicted molar refractivity (Wildman–Crippen MR) is 93.0 cm³/mol. The summed E-state index contributed by atoms with van der Waals surface area (Å²) in [7, 11) is 0. The SMILES string of the molecule is CCNC(C1CCCC(CC)C1)C1Cc2ccccc2S1. The van der Waals surface area contributed by atoms with E-state index in [4.69, 9.17) is 0 Å². The summed E-state index contributed by atoms with van der Waals surface area (Å²) < 4.78 is 0. The Balaban J connectivity index is 1.70. The molecule has 2 aliphatic rings. The van der Waals surface area contributed by atoms with Crippen molar-refractivity contribution in [1.82, 2.24) is 5.32 Å². The Labute approximate surface area is 134 Å². The molecule has 0 saturated heterocycles. The van der Waals surface area contributed by atoms with Crippen LogP contribution in [0.2, 0.25) is 0 Å². The maximum absolute atomic E-state index is 3.85. The fourth-order valence-electron chi connectivity index (χ4n) is 4.28. The first-order chi connectivity index (χ1) is 10.3. The molecule has 0 aromatic heterocycles. The van der Waals surface area contributed by atoms with E-state index in [1.54, 1.807) is 5.56 Å². The molecular weight excluding hydrogens is 274 g/mol. The van der Waals surface area contributed by atoms with E-state index < -0.39 is 0 Å². The van der Waals surface area contributed by atoms with E-state index in [1.165, 1.54) is 43.4 Å². The van der Waals surface area contributed by atoms with Crippen LogP contribution in [-0.2, 0) is 6.42 Å². The summed E-state index contributed by atoms with van der Waals surface area (Å²) in [5.41, 5.74) is 1.57. The zero-order valence-corrected chi connectivity index (χ0v) is 14.3. The van der Waals surface area contributed by atoms with Crippen LogP contribution in [0.15, 0.2) is 29.2 Å². The average molecular weight is 304 g/mol. The van der Waals surface area contributed by atoms with Gasteiger partial charge in [-0.1, -0.05) is 51.3 Å². The van der Waals surface area contributed by atoms with Crippen molar-refractivity contribution >= 4 is 11.8 Å². The fourth-order valence-corrected chi connectivity index (χ4v) is 5.79. The van der Waals surface area contributed by atoms with E-state index in [2.05, 4.69) is 55.2 Å². The van der Waals surface area contributed by atoms with Gasteiger partial charge in [-0.15, -0.1) is 11.8 Å². The summed E-state index contributed by atoms with van der Waals surface area (Å²) in [6, 6.07) is 9.70. The standard InChI is InChI=1S/C19H29NS/c1-3-14-8-7-10-16(12-14)19(20-4-2)18-13-15-9-5-6-11-17(15)21-18/h5-6,9,11,14,16,18-20H,3-4,7-8,10,12-13H2,1-2H3. The lowest BCUT2D eigenvalue weighted by Crippen LogP contribution is -2.45. The first-order valence-electron chi connectivity index (χ1n) is 8.79. The van der Waals surface area contributed by atoms with Crippen molar-refractivity contribution in [3.63, 3.8) is 0 Å². The summed E-state index contributed by atoms with van der Waals surface area (Å²) in [4.78, 5) is 1.52. The molecular formula is C19H29NS. The number of thioether (sulfide) groups is 1. The molecule has 1 nitrogen and oxygen atoms in total. The predicted octanol–water partition coefficient (Wildman–Crippen LogP) is 4.90. The Hall–Kier alpha value is -0.470. The van der Waals surface area contributed by atoms with Crippen molar-refractivity contribution in [3.8, 4) is 0 Å². The molecule has 0 radical (unpaired) electrons. The number of nitrogens with one attached hydrogen (secondary N) is 1. The third-order valence-corrected chi connectivity index (χ3v) is 6.84. The fraction of sp³-hybridized carbons (Fsp3) is 0.684. The van der Waals surface area contributed by atoms with Gasteiger partial charge in [0, 0.05) is 16.2 Å². The highest BCUT2D eigenvalue weighted by Gasteiger charge is 2.35. The second-order valence-corrected chi connectivity index (χ2v) is 8.03. The van der Waals surface area contributed by atoms with Crippen molar-refractivity contribution in [1.29, 1.82) is 0 Å². The van der Waals surface area contributed by atoms with Crippen molar-refractivity contribution in [3.05, 3.63) is 29.8 Å². The smallest absolute Gasteiger partial charge is 0.0291 e. The normalized spacial score (nSPS) is 30.1. The second kappa shape index (κ2) is 7.19. The minimum absolute atomic E-state index is 0.696. The molecule has 4 atom stereocenters. The van der Waals surface area contributed by atoms with Gasteiger partial charge in [0.15, 0.2) is 0 Å². The molecule has 4 unspecified atom stereocenters. The van der Waals surface area contributed by atoms with Crippen molar-refractivity contribution in [2.45, 2.75) is 68.6 Å². The van der Waals surface area contributed by atoms with Gasteiger partial charge < -0.3 is 5.32 Å². The molecule has 1 fully saturated rings. The zero-order valence-electron chi connectivity index (χ0n) is 13.5. The van der Waals surface area contributed by atoms with Crippen LogP contribution in [0.5, 0.6) is 0 Å². The highest BCUT2D eigenvalue weighted by atomic mass is 32.2. The van der Waals surface area contributed by atoms with Crippen LogP contribution in [0.1, 0.15) is 51.5 Å². The minimum Gasteiger partial charge on any atom is -0.313 e. The molecule has 1 aromatic carbocycles. The molecule has 1 saturated carbocycles. The van der Waals surface area contributed by atoms with Gasteiger partial charge in [-0.3, -0.25) is 0 Å². The molecule has 3 rings (SSSR count). The van der Waals surface area contributed by atoms with Gasteiger partial charge in [0.05, 0.1) is 0 Å². The molecule has 116 valence electrons. The van der Waals surface area contributed by atoms with Crippen LogP contribution in [0.4, 0.5) is 0 Å². The summed E-state index contributed by atoms with van der Waals surface area (Å²) in [6.07, 6.45) is 8.40. The minimum atomic E-state index is 0.696. The van der Waals surface area contributed by atoms with Gasteiger partial charge in [0.1, 0.15) is 0 Å². The van der Waals surface area contributed by atoms with E-state index in [9.17, 15) is 0 Å². The van der Waals surface area contributed by atoms with Crippen LogP contribution in [0.25, 0.3) is 0 Å². The lowest BCUT2D eigenvalue weighted by molar-refractivity contribution is 0.207. The summed E-state index contributed by atoms with van der Waals surface area (Å²) in [5, 5.41) is 4.59. The Bertz CT molecular complexity index is 434. The third kappa shape index (κ3) is 3.48. The first-order valence-corrected chi connectivity index (χ1v) is 9.67. The average Bonchev–Trinajstić information content (AvgIpc) is 2.96. The van der Waals surface area contributed by atoms with Crippen LogP contribution in [0, 0.1) is 11.8 Å². The van der Waals surface area contributed by atoms with Gasteiger partial charge in [-0.25, -0.2) is 0 Å². The summed E-state index contributed by atoms with van der Waals surface area (Å²) >= 11 is 2.12. The second-order valence-electron chi connectivity index (χ2n) is 6.75.